The Morgan fingerprint density at radius 2 is 2.12 bits per heavy atom. The monoisotopic (exact) mass is 241 g/mol. The van der Waals surface area contributed by atoms with Crippen LogP contribution in [0.2, 0.25) is 0 Å². The summed E-state index contributed by atoms with van der Waals surface area (Å²) in [6.45, 7) is 5.99. The lowest BCUT2D eigenvalue weighted by atomic mass is 10.1. The van der Waals surface area contributed by atoms with Crippen LogP contribution in [0.5, 0.6) is 0 Å². The molecule has 1 amide bonds. The first-order chi connectivity index (χ1) is 8.02. The molecule has 0 radical (unpaired) electrons. The summed E-state index contributed by atoms with van der Waals surface area (Å²) in [5.41, 5.74) is 5.75. The third kappa shape index (κ3) is 6.03. The van der Waals surface area contributed by atoms with E-state index in [0.29, 0.717) is 24.9 Å². The van der Waals surface area contributed by atoms with Crippen molar-refractivity contribution >= 4 is 5.91 Å². The molecule has 1 unspecified atom stereocenters. The number of carbonyl (C=O) groups is 1. The number of likely N-dealkylation sites (N-methyl/N-ethyl adjacent to an activating group) is 1. The standard InChI is InChI=1S/C13H27N3O/c1-10(2)6-7-16(3)12(9-14)8-13(17)15-11-4-5-11/h10-12H,4-9,14H2,1-3H3,(H,15,17). The van der Waals surface area contributed by atoms with Gasteiger partial charge in [-0.2, -0.15) is 0 Å². The van der Waals surface area contributed by atoms with Gasteiger partial charge in [0.2, 0.25) is 5.91 Å². The summed E-state index contributed by atoms with van der Waals surface area (Å²) in [6, 6.07) is 0.620. The van der Waals surface area contributed by atoms with E-state index in [0.717, 1.165) is 25.8 Å². The molecule has 0 heterocycles. The van der Waals surface area contributed by atoms with Gasteiger partial charge in [-0.3, -0.25) is 4.79 Å². The average molecular weight is 241 g/mol. The number of nitrogens with two attached hydrogens (primary N) is 1. The van der Waals surface area contributed by atoms with Gasteiger partial charge in [-0.1, -0.05) is 13.8 Å². The Labute approximate surface area is 105 Å². The molecule has 0 bridgehead atoms. The normalized spacial score (nSPS) is 17.5. The Morgan fingerprint density at radius 1 is 1.47 bits per heavy atom. The zero-order valence-corrected chi connectivity index (χ0v) is 11.4. The van der Waals surface area contributed by atoms with Crippen LogP contribution < -0.4 is 11.1 Å². The van der Waals surface area contributed by atoms with Crippen molar-refractivity contribution in [2.24, 2.45) is 11.7 Å². The number of nitrogens with zero attached hydrogens (tertiary/aromatic N) is 1. The molecule has 100 valence electrons. The zero-order valence-electron chi connectivity index (χ0n) is 11.4. The molecular weight excluding hydrogens is 214 g/mol. The number of hydrogen-bond donors (Lipinski definition) is 2. The second kappa shape index (κ2) is 6.97. The summed E-state index contributed by atoms with van der Waals surface area (Å²) >= 11 is 0. The number of rotatable bonds is 8. The Hall–Kier alpha value is -0.610. The second-order valence-corrected chi connectivity index (χ2v) is 5.60. The van der Waals surface area contributed by atoms with E-state index < -0.39 is 0 Å². The highest BCUT2D eigenvalue weighted by atomic mass is 16.1. The third-order valence-corrected chi connectivity index (χ3v) is 3.32. The van der Waals surface area contributed by atoms with E-state index in [-0.39, 0.29) is 11.9 Å². The van der Waals surface area contributed by atoms with Gasteiger partial charge < -0.3 is 16.0 Å². The molecule has 1 fully saturated rings. The maximum atomic E-state index is 11.7. The minimum Gasteiger partial charge on any atom is -0.353 e. The van der Waals surface area contributed by atoms with Gasteiger partial charge in [0, 0.05) is 25.0 Å². The lowest BCUT2D eigenvalue weighted by Gasteiger charge is -2.27. The fourth-order valence-electron chi connectivity index (χ4n) is 1.79. The summed E-state index contributed by atoms with van der Waals surface area (Å²) in [7, 11) is 2.06. The maximum Gasteiger partial charge on any atom is 0.221 e. The SMILES string of the molecule is CC(C)CCN(C)C(CN)CC(=O)NC1CC1. The van der Waals surface area contributed by atoms with E-state index in [4.69, 9.17) is 5.73 Å². The number of amides is 1. The smallest absolute Gasteiger partial charge is 0.221 e. The van der Waals surface area contributed by atoms with Crippen molar-refractivity contribution < 1.29 is 4.79 Å². The number of carbonyl (C=O) groups excluding carboxylic acids is 1. The maximum absolute atomic E-state index is 11.7. The van der Waals surface area contributed by atoms with Gasteiger partial charge in [0.05, 0.1) is 0 Å². The lowest BCUT2D eigenvalue weighted by molar-refractivity contribution is -0.122. The van der Waals surface area contributed by atoms with Crippen LogP contribution in [0.1, 0.15) is 39.5 Å². The molecule has 17 heavy (non-hydrogen) atoms. The molecular formula is C13H27N3O. The van der Waals surface area contributed by atoms with Gasteiger partial charge in [-0.25, -0.2) is 0 Å². The molecule has 1 rings (SSSR count). The summed E-state index contributed by atoms with van der Waals surface area (Å²) in [5, 5.41) is 3.02. The second-order valence-electron chi connectivity index (χ2n) is 5.60. The molecule has 1 aliphatic carbocycles. The van der Waals surface area contributed by atoms with Crippen molar-refractivity contribution in [2.45, 2.75) is 51.6 Å². The molecule has 1 atom stereocenters. The molecule has 0 saturated heterocycles. The quantitative estimate of drug-likeness (QED) is 0.665. The average Bonchev–Trinajstić information content (AvgIpc) is 3.06. The first-order valence-electron chi connectivity index (χ1n) is 6.72. The predicted molar refractivity (Wildman–Crippen MR) is 70.7 cm³/mol. The van der Waals surface area contributed by atoms with Gasteiger partial charge in [0.1, 0.15) is 0 Å². The minimum atomic E-state index is 0.152. The van der Waals surface area contributed by atoms with Crippen molar-refractivity contribution in [3.05, 3.63) is 0 Å². The number of nitrogens with one attached hydrogen (secondary N) is 1. The molecule has 1 saturated carbocycles. The van der Waals surface area contributed by atoms with Crippen molar-refractivity contribution in [1.82, 2.24) is 10.2 Å². The molecule has 0 aromatic heterocycles. The number of hydrogen-bond acceptors (Lipinski definition) is 3. The first-order valence-corrected chi connectivity index (χ1v) is 6.72. The highest BCUT2D eigenvalue weighted by Crippen LogP contribution is 2.19. The summed E-state index contributed by atoms with van der Waals surface area (Å²) < 4.78 is 0. The van der Waals surface area contributed by atoms with E-state index >= 15 is 0 Å². The molecule has 4 nitrogen and oxygen atoms in total. The lowest BCUT2D eigenvalue weighted by Crippen LogP contribution is -2.42. The van der Waals surface area contributed by atoms with Crippen LogP contribution in [0.15, 0.2) is 0 Å². The fourth-order valence-corrected chi connectivity index (χ4v) is 1.79. The van der Waals surface area contributed by atoms with E-state index in [1.807, 2.05) is 0 Å². The van der Waals surface area contributed by atoms with Crippen LogP contribution >= 0.6 is 0 Å². The highest BCUT2D eigenvalue weighted by molar-refractivity contribution is 5.77. The highest BCUT2D eigenvalue weighted by Gasteiger charge is 2.25. The van der Waals surface area contributed by atoms with Crippen LogP contribution in [0, 0.1) is 5.92 Å². The van der Waals surface area contributed by atoms with Gasteiger partial charge in [0.25, 0.3) is 0 Å². The Kier molecular flexibility index (Phi) is 5.92. The van der Waals surface area contributed by atoms with Crippen LogP contribution in [0.3, 0.4) is 0 Å². The first kappa shape index (κ1) is 14.5. The van der Waals surface area contributed by atoms with E-state index in [1.165, 1.54) is 0 Å². The molecule has 3 N–H and O–H groups in total. The van der Waals surface area contributed by atoms with Crippen LogP contribution in [-0.2, 0) is 4.79 Å². The van der Waals surface area contributed by atoms with E-state index in [9.17, 15) is 4.79 Å². The van der Waals surface area contributed by atoms with Crippen molar-refractivity contribution in [3.8, 4) is 0 Å². The van der Waals surface area contributed by atoms with Gasteiger partial charge in [-0.05, 0) is 38.8 Å². The Morgan fingerprint density at radius 3 is 2.59 bits per heavy atom. The summed E-state index contributed by atoms with van der Waals surface area (Å²) in [4.78, 5) is 13.9. The van der Waals surface area contributed by atoms with Crippen LogP contribution in [0.25, 0.3) is 0 Å². The molecule has 0 spiro atoms. The van der Waals surface area contributed by atoms with Crippen molar-refractivity contribution in [2.75, 3.05) is 20.1 Å². The molecule has 4 heteroatoms. The minimum absolute atomic E-state index is 0.152. The third-order valence-electron chi connectivity index (χ3n) is 3.32. The van der Waals surface area contributed by atoms with Gasteiger partial charge in [0.15, 0.2) is 0 Å². The molecule has 0 aromatic rings. The summed E-state index contributed by atoms with van der Waals surface area (Å²) in [6.07, 6.45) is 3.96. The fraction of sp³-hybridized carbons (Fsp3) is 0.923. The largest absolute Gasteiger partial charge is 0.353 e. The Balaban J connectivity index is 2.26. The van der Waals surface area contributed by atoms with E-state index in [2.05, 4.69) is 31.1 Å². The topological polar surface area (TPSA) is 58.4 Å². The van der Waals surface area contributed by atoms with E-state index in [1.54, 1.807) is 0 Å². The van der Waals surface area contributed by atoms with Gasteiger partial charge >= 0.3 is 0 Å². The van der Waals surface area contributed by atoms with Crippen molar-refractivity contribution in [3.63, 3.8) is 0 Å². The van der Waals surface area contributed by atoms with Gasteiger partial charge in [-0.15, -0.1) is 0 Å². The van der Waals surface area contributed by atoms with Crippen LogP contribution in [-0.4, -0.2) is 43.0 Å². The zero-order chi connectivity index (χ0) is 12.8. The Bertz CT molecular complexity index is 239. The molecule has 0 aromatic carbocycles. The predicted octanol–water partition coefficient (Wildman–Crippen LogP) is 0.960. The summed E-state index contributed by atoms with van der Waals surface area (Å²) in [5.74, 6) is 0.843. The van der Waals surface area contributed by atoms with Crippen LogP contribution in [0.4, 0.5) is 0 Å². The van der Waals surface area contributed by atoms with Crippen molar-refractivity contribution in [1.29, 1.82) is 0 Å². The molecule has 0 aliphatic heterocycles. The molecule has 1 aliphatic rings.